The monoisotopic (exact) mass is 442 g/mol. The highest BCUT2D eigenvalue weighted by atomic mass is 16.3. The van der Waals surface area contributed by atoms with E-state index in [9.17, 15) is 10.2 Å². The first kappa shape index (κ1) is 23.4. The molecule has 0 unspecified atom stereocenters. The van der Waals surface area contributed by atoms with E-state index < -0.39 is 12.2 Å². The zero-order valence-electron chi connectivity index (χ0n) is 22.2. The number of allylic oxidation sites excluding steroid dienone is 2. The number of fused-ring (bicyclic) bond motifs is 7. The zero-order chi connectivity index (χ0) is 23.5. The largest absolute Gasteiger partial charge is 0.390 e. The second-order valence-electron chi connectivity index (χ2n) is 15.3. The first-order valence-corrected chi connectivity index (χ1v) is 13.7. The SMILES string of the molecule is CC1(C)C=C2[C@@H]3CC[C@@H]4[C@@]5(C)C[C@H](O)[C@@H](O)C(C)(C)[C@@H]5CC[C@@]4(C)[C@]3(C)CC[C@@]2(C)CC1. The van der Waals surface area contributed by atoms with Crippen molar-refractivity contribution in [3.63, 3.8) is 0 Å². The summed E-state index contributed by atoms with van der Waals surface area (Å²) in [6, 6.07) is 0. The van der Waals surface area contributed by atoms with E-state index in [1.54, 1.807) is 0 Å². The molecule has 5 rings (SSSR count). The van der Waals surface area contributed by atoms with E-state index >= 15 is 0 Å². The molecule has 0 aromatic carbocycles. The predicted molar refractivity (Wildman–Crippen MR) is 132 cm³/mol. The Bertz CT molecular complexity index is 825. The molecule has 2 N–H and O–H groups in total. The van der Waals surface area contributed by atoms with Crippen molar-refractivity contribution in [3.05, 3.63) is 11.6 Å². The topological polar surface area (TPSA) is 40.5 Å². The lowest BCUT2D eigenvalue weighted by atomic mass is 9.32. The van der Waals surface area contributed by atoms with Gasteiger partial charge in [-0.2, -0.15) is 0 Å². The quantitative estimate of drug-likeness (QED) is 0.391. The van der Waals surface area contributed by atoms with Gasteiger partial charge in [0.05, 0.1) is 12.2 Å². The van der Waals surface area contributed by atoms with Crippen LogP contribution in [0.2, 0.25) is 0 Å². The summed E-state index contributed by atoms with van der Waals surface area (Å²) in [4.78, 5) is 0. The van der Waals surface area contributed by atoms with Crippen LogP contribution in [0, 0.1) is 50.2 Å². The molecule has 0 bridgehead atoms. The molecule has 182 valence electrons. The third-order valence-corrected chi connectivity index (χ3v) is 12.9. The Morgan fingerprint density at radius 3 is 2.06 bits per heavy atom. The Kier molecular flexibility index (Phi) is 4.87. The summed E-state index contributed by atoms with van der Waals surface area (Å²) >= 11 is 0. The lowest BCUT2D eigenvalue weighted by Gasteiger charge is -2.72. The molecular formula is C30H50O2. The second-order valence-corrected chi connectivity index (χ2v) is 15.3. The van der Waals surface area contributed by atoms with Gasteiger partial charge in [0.25, 0.3) is 0 Å². The summed E-state index contributed by atoms with van der Waals surface area (Å²) < 4.78 is 0. The van der Waals surface area contributed by atoms with Crippen molar-refractivity contribution in [1.82, 2.24) is 0 Å². The zero-order valence-corrected chi connectivity index (χ0v) is 22.2. The average Bonchev–Trinajstić information content (AvgIpc) is 2.68. The summed E-state index contributed by atoms with van der Waals surface area (Å²) in [7, 11) is 0. The van der Waals surface area contributed by atoms with Gasteiger partial charge < -0.3 is 10.2 Å². The molecule has 0 aromatic heterocycles. The van der Waals surface area contributed by atoms with E-state index in [0.717, 1.165) is 6.42 Å². The molecule has 2 nitrogen and oxygen atoms in total. The van der Waals surface area contributed by atoms with Crippen LogP contribution >= 0.6 is 0 Å². The number of rotatable bonds is 0. The second kappa shape index (κ2) is 6.66. The molecule has 0 saturated heterocycles. The van der Waals surface area contributed by atoms with Crippen molar-refractivity contribution >= 4 is 0 Å². The summed E-state index contributed by atoms with van der Waals surface area (Å²) in [6.45, 7) is 19.7. The first-order chi connectivity index (χ1) is 14.6. The fraction of sp³-hybridized carbons (Fsp3) is 0.933. The minimum absolute atomic E-state index is 0.115. The molecule has 4 fully saturated rings. The molecule has 4 saturated carbocycles. The van der Waals surface area contributed by atoms with Crippen LogP contribution < -0.4 is 0 Å². The predicted octanol–water partition coefficient (Wildman–Crippen LogP) is 7.14. The Morgan fingerprint density at radius 2 is 1.38 bits per heavy atom. The minimum atomic E-state index is -0.595. The van der Waals surface area contributed by atoms with E-state index in [1.165, 1.54) is 51.4 Å². The van der Waals surface area contributed by atoms with Gasteiger partial charge in [-0.25, -0.2) is 0 Å². The van der Waals surface area contributed by atoms with Gasteiger partial charge in [-0.1, -0.05) is 67.0 Å². The van der Waals surface area contributed by atoms with Crippen LogP contribution in [0.25, 0.3) is 0 Å². The summed E-state index contributed by atoms with van der Waals surface area (Å²) in [6.07, 6.45) is 12.8. The van der Waals surface area contributed by atoms with Gasteiger partial charge in [-0.15, -0.1) is 0 Å². The minimum Gasteiger partial charge on any atom is -0.390 e. The standard InChI is InChI=1S/C30H50O2/c1-25(2)13-14-27(5)15-16-29(7)19(20(27)17-25)9-10-23-28(6)18-21(31)24(32)26(3,4)22(28)11-12-30(23,29)8/h17,19,21-24,31-32H,9-16,18H2,1-8H3/t19-,21-,22-,23+,24+,27+,28-,29+,30+/m0/s1. The van der Waals surface area contributed by atoms with Gasteiger partial charge in [0.2, 0.25) is 0 Å². The van der Waals surface area contributed by atoms with Crippen LogP contribution in [-0.2, 0) is 0 Å². The molecule has 5 aliphatic carbocycles. The first-order valence-electron chi connectivity index (χ1n) is 13.7. The normalized spacial score (nSPS) is 56.2. The molecular weight excluding hydrogens is 392 g/mol. The number of aliphatic hydroxyl groups is 2. The molecule has 0 aromatic rings. The molecule has 0 amide bonds. The fourth-order valence-electron chi connectivity index (χ4n) is 10.8. The Balaban J connectivity index is 1.57. The molecule has 0 heterocycles. The van der Waals surface area contributed by atoms with Crippen molar-refractivity contribution < 1.29 is 10.2 Å². The van der Waals surface area contributed by atoms with Crippen LogP contribution in [0.1, 0.15) is 113 Å². The average molecular weight is 443 g/mol. The highest BCUT2D eigenvalue weighted by molar-refractivity contribution is 5.31. The van der Waals surface area contributed by atoms with Crippen molar-refractivity contribution in [2.75, 3.05) is 0 Å². The molecule has 0 spiro atoms. The smallest absolute Gasteiger partial charge is 0.0852 e. The van der Waals surface area contributed by atoms with Gasteiger partial charge in [-0.3, -0.25) is 0 Å². The van der Waals surface area contributed by atoms with Crippen LogP contribution in [-0.4, -0.2) is 22.4 Å². The third kappa shape index (κ3) is 2.78. The molecule has 5 aliphatic rings. The maximum Gasteiger partial charge on any atom is 0.0852 e. The number of hydrogen-bond donors (Lipinski definition) is 2. The van der Waals surface area contributed by atoms with Crippen LogP contribution in [0.15, 0.2) is 11.6 Å². The van der Waals surface area contributed by atoms with Crippen LogP contribution in [0.5, 0.6) is 0 Å². The van der Waals surface area contributed by atoms with E-state index in [-0.39, 0.29) is 10.8 Å². The maximum absolute atomic E-state index is 11.0. The fourth-order valence-corrected chi connectivity index (χ4v) is 10.8. The van der Waals surface area contributed by atoms with Gasteiger partial charge in [0.15, 0.2) is 0 Å². The maximum atomic E-state index is 11.0. The lowest BCUT2D eigenvalue weighted by molar-refractivity contribution is -0.250. The van der Waals surface area contributed by atoms with Crippen molar-refractivity contribution in [2.45, 2.75) is 125 Å². The lowest BCUT2D eigenvalue weighted by Crippen LogP contribution is -2.67. The van der Waals surface area contributed by atoms with Gasteiger partial charge in [-0.05, 0) is 108 Å². The molecule has 9 atom stereocenters. The van der Waals surface area contributed by atoms with E-state index in [2.05, 4.69) is 61.5 Å². The van der Waals surface area contributed by atoms with Crippen molar-refractivity contribution in [2.24, 2.45) is 50.2 Å². The highest BCUT2D eigenvalue weighted by Gasteiger charge is 2.69. The number of hydrogen-bond acceptors (Lipinski definition) is 2. The Labute approximate surface area is 197 Å². The van der Waals surface area contributed by atoms with Gasteiger partial charge in [0.1, 0.15) is 0 Å². The summed E-state index contributed by atoms with van der Waals surface area (Å²) in [5, 5.41) is 21.9. The molecule has 0 radical (unpaired) electrons. The van der Waals surface area contributed by atoms with E-state index in [4.69, 9.17) is 0 Å². The number of aliphatic hydroxyl groups excluding tert-OH is 2. The van der Waals surface area contributed by atoms with Crippen molar-refractivity contribution in [3.8, 4) is 0 Å². The van der Waals surface area contributed by atoms with Crippen LogP contribution in [0.3, 0.4) is 0 Å². The molecule has 0 aliphatic heterocycles. The molecule has 2 heteroatoms. The van der Waals surface area contributed by atoms with E-state index in [0.29, 0.717) is 39.4 Å². The third-order valence-electron chi connectivity index (χ3n) is 12.9. The highest BCUT2D eigenvalue weighted by Crippen LogP contribution is 2.76. The Hall–Kier alpha value is -0.340. The van der Waals surface area contributed by atoms with Gasteiger partial charge >= 0.3 is 0 Å². The van der Waals surface area contributed by atoms with Crippen LogP contribution in [0.4, 0.5) is 0 Å². The molecule has 32 heavy (non-hydrogen) atoms. The Morgan fingerprint density at radius 1 is 0.719 bits per heavy atom. The summed E-state index contributed by atoms with van der Waals surface area (Å²) in [5.41, 5.74) is 3.11. The van der Waals surface area contributed by atoms with Gasteiger partial charge in [0, 0.05) is 0 Å². The van der Waals surface area contributed by atoms with E-state index in [1.807, 2.05) is 5.57 Å². The summed E-state index contributed by atoms with van der Waals surface area (Å²) in [5.74, 6) is 1.85. The van der Waals surface area contributed by atoms with Crippen molar-refractivity contribution in [1.29, 1.82) is 0 Å².